The predicted molar refractivity (Wildman–Crippen MR) is 99.6 cm³/mol. The Labute approximate surface area is 143 Å². The summed E-state index contributed by atoms with van der Waals surface area (Å²) in [4.78, 5) is 13.3. The third-order valence-electron chi connectivity index (χ3n) is 3.44. The molecule has 1 N–H and O–H groups in total. The van der Waals surface area contributed by atoms with E-state index in [4.69, 9.17) is 4.98 Å². The average Bonchev–Trinajstić information content (AvgIpc) is 3.07. The second-order valence-electron chi connectivity index (χ2n) is 5.17. The van der Waals surface area contributed by atoms with Crippen molar-refractivity contribution < 1.29 is 0 Å². The van der Waals surface area contributed by atoms with Gasteiger partial charge in [0, 0.05) is 12.4 Å². The van der Waals surface area contributed by atoms with Crippen molar-refractivity contribution in [1.29, 1.82) is 0 Å². The lowest BCUT2D eigenvalue weighted by Gasteiger charge is -2.08. The maximum atomic E-state index is 4.74. The first-order chi connectivity index (χ1) is 11.9. The summed E-state index contributed by atoms with van der Waals surface area (Å²) in [6, 6.07) is 17.9. The predicted octanol–water partition coefficient (Wildman–Crippen LogP) is 4.70. The van der Waals surface area contributed by atoms with Gasteiger partial charge in [-0.2, -0.15) is 0 Å². The highest BCUT2D eigenvalue weighted by atomic mass is 32.1. The van der Waals surface area contributed by atoms with Crippen LogP contribution in [0.5, 0.6) is 0 Å². The van der Waals surface area contributed by atoms with E-state index in [0.717, 1.165) is 32.3 Å². The van der Waals surface area contributed by atoms with E-state index in [0.29, 0.717) is 0 Å². The Morgan fingerprint density at radius 3 is 2.67 bits per heavy atom. The fraction of sp³-hybridized carbons (Fsp3) is 0. The molecule has 0 atom stereocenters. The maximum Gasteiger partial charge on any atom is 0.141 e. The summed E-state index contributed by atoms with van der Waals surface area (Å²) >= 11 is 1.65. The highest BCUT2D eigenvalue weighted by molar-refractivity contribution is 7.19. The number of thiazole rings is 1. The lowest BCUT2D eigenvalue weighted by molar-refractivity contribution is 1.29. The van der Waals surface area contributed by atoms with Gasteiger partial charge in [0.2, 0.25) is 0 Å². The molecule has 0 aliphatic carbocycles. The van der Waals surface area contributed by atoms with E-state index in [1.165, 1.54) is 0 Å². The van der Waals surface area contributed by atoms with Gasteiger partial charge in [0.25, 0.3) is 0 Å². The molecular weight excluding hydrogens is 316 g/mol. The van der Waals surface area contributed by atoms with Crippen molar-refractivity contribution in [1.82, 2.24) is 15.0 Å². The minimum atomic E-state index is 0.878. The molecule has 0 saturated heterocycles. The van der Waals surface area contributed by atoms with Crippen LogP contribution in [-0.4, -0.2) is 15.0 Å². The van der Waals surface area contributed by atoms with E-state index in [1.807, 2.05) is 54.6 Å². The fourth-order valence-electron chi connectivity index (χ4n) is 2.34. The molecule has 24 heavy (non-hydrogen) atoms. The van der Waals surface area contributed by atoms with Gasteiger partial charge in [0.1, 0.15) is 5.01 Å². The Kier molecular flexibility index (Phi) is 4.00. The largest absolute Gasteiger partial charge is 0.352 e. The van der Waals surface area contributed by atoms with Crippen LogP contribution in [0.4, 0.5) is 5.69 Å². The molecule has 0 aliphatic heterocycles. The van der Waals surface area contributed by atoms with Crippen molar-refractivity contribution in [3.05, 3.63) is 83.9 Å². The van der Waals surface area contributed by atoms with E-state index < -0.39 is 0 Å². The second-order valence-corrected chi connectivity index (χ2v) is 6.20. The van der Waals surface area contributed by atoms with Crippen molar-refractivity contribution in [3.8, 4) is 0 Å². The summed E-state index contributed by atoms with van der Waals surface area (Å²) in [6.07, 6.45) is 7.33. The Morgan fingerprint density at radius 2 is 1.88 bits per heavy atom. The van der Waals surface area contributed by atoms with Gasteiger partial charge in [-0.3, -0.25) is 9.97 Å². The van der Waals surface area contributed by atoms with Gasteiger partial charge < -0.3 is 5.32 Å². The molecular formula is C19H14N4S. The molecule has 5 heteroatoms. The number of fused-ring (bicyclic) bond motifs is 1. The SMILES string of the molecule is C(=C(/Nc1cccnc1)c1nc2ccccc2s1)/c1ccccn1. The van der Waals surface area contributed by atoms with Crippen LogP contribution in [-0.2, 0) is 0 Å². The van der Waals surface area contributed by atoms with Crippen molar-refractivity contribution in [2.75, 3.05) is 5.32 Å². The van der Waals surface area contributed by atoms with Gasteiger partial charge in [-0.25, -0.2) is 4.98 Å². The summed E-state index contributed by atoms with van der Waals surface area (Å²) in [5, 5.41) is 4.33. The van der Waals surface area contributed by atoms with E-state index in [1.54, 1.807) is 29.9 Å². The molecule has 4 aromatic rings. The molecule has 0 unspecified atom stereocenters. The van der Waals surface area contributed by atoms with E-state index in [9.17, 15) is 0 Å². The fourth-order valence-corrected chi connectivity index (χ4v) is 3.28. The molecule has 0 bridgehead atoms. The number of hydrogen-bond acceptors (Lipinski definition) is 5. The average molecular weight is 330 g/mol. The van der Waals surface area contributed by atoms with Gasteiger partial charge in [0.15, 0.2) is 0 Å². The third-order valence-corrected chi connectivity index (χ3v) is 4.51. The van der Waals surface area contributed by atoms with Gasteiger partial charge in [0.05, 0.1) is 33.5 Å². The normalized spacial score (nSPS) is 11.6. The molecule has 0 saturated carbocycles. The molecule has 0 aliphatic rings. The first-order valence-corrected chi connectivity index (χ1v) is 8.36. The Morgan fingerprint density at radius 1 is 0.958 bits per heavy atom. The van der Waals surface area contributed by atoms with E-state index in [2.05, 4.69) is 21.4 Å². The van der Waals surface area contributed by atoms with Crippen LogP contribution in [0.1, 0.15) is 10.7 Å². The number of nitrogens with zero attached hydrogens (tertiary/aromatic N) is 3. The molecule has 3 aromatic heterocycles. The number of pyridine rings is 2. The summed E-state index contributed by atoms with van der Waals surface area (Å²) in [7, 11) is 0. The van der Waals surface area contributed by atoms with Crippen molar-refractivity contribution >= 4 is 39.0 Å². The Balaban J connectivity index is 1.79. The first-order valence-electron chi connectivity index (χ1n) is 7.54. The lowest BCUT2D eigenvalue weighted by Crippen LogP contribution is -1.99. The molecule has 0 radical (unpaired) electrons. The standard InChI is InChI=1S/C19H14N4S/c1-2-9-18-16(8-1)23-19(24-18)17(12-14-6-3-4-11-21-14)22-15-7-5-10-20-13-15/h1-13,22H/b17-12-. The van der Waals surface area contributed by atoms with Crippen LogP contribution in [0.25, 0.3) is 22.0 Å². The molecule has 4 nitrogen and oxygen atoms in total. The van der Waals surface area contributed by atoms with Crippen LogP contribution >= 0.6 is 11.3 Å². The molecule has 1 aromatic carbocycles. The summed E-state index contributed by atoms with van der Waals surface area (Å²) in [5.74, 6) is 0. The van der Waals surface area contributed by atoms with Gasteiger partial charge in [-0.15, -0.1) is 11.3 Å². The number of benzene rings is 1. The number of aromatic nitrogens is 3. The highest BCUT2D eigenvalue weighted by Gasteiger charge is 2.10. The van der Waals surface area contributed by atoms with E-state index in [-0.39, 0.29) is 0 Å². The zero-order valence-electron chi connectivity index (χ0n) is 12.8. The molecule has 3 heterocycles. The molecule has 4 rings (SSSR count). The number of anilines is 1. The van der Waals surface area contributed by atoms with E-state index >= 15 is 0 Å². The maximum absolute atomic E-state index is 4.74. The summed E-state index contributed by atoms with van der Waals surface area (Å²) < 4.78 is 1.16. The smallest absolute Gasteiger partial charge is 0.141 e. The van der Waals surface area contributed by atoms with Crippen molar-refractivity contribution in [2.45, 2.75) is 0 Å². The van der Waals surface area contributed by atoms with Crippen LogP contribution in [0.15, 0.2) is 73.2 Å². The summed E-state index contributed by atoms with van der Waals surface area (Å²) in [5.41, 5.74) is 3.70. The van der Waals surface area contributed by atoms with Gasteiger partial charge in [-0.05, 0) is 42.5 Å². The number of rotatable bonds is 4. The van der Waals surface area contributed by atoms with Gasteiger partial charge >= 0.3 is 0 Å². The molecule has 0 spiro atoms. The van der Waals surface area contributed by atoms with Crippen molar-refractivity contribution in [2.24, 2.45) is 0 Å². The number of nitrogens with one attached hydrogen (secondary N) is 1. The molecule has 116 valence electrons. The minimum absolute atomic E-state index is 0.878. The first kappa shape index (κ1) is 14.5. The second kappa shape index (κ2) is 6.60. The quantitative estimate of drug-likeness (QED) is 0.589. The number of para-hydroxylation sites is 1. The Hall–Kier alpha value is -3.05. The summed E-state index contributed by atoms with van der Waals surface area (Å²) in [6.45, 7) is 0. The van der Waals surface area contributed by atoms with Gasteiger partial charge in [-0.1, -0.05) is 18.2 Å². The van der Waals surface area contributed by atoms with Crippen LogP contribution in [0, 0.1) is 0 Å². The monoisotopic (exact) mass is 330 g/mol. The van der Waals surface area contributed by atoms with Crippen LogP contribution in [0.2, 0.25) is 0 Å². The minimum Gasteiger partial charge on any atom is -0.352 e. The Bertz CT molecular complexity index is 945. The van der Waals surface area contributed by atoms with Crippen molar-refractivity contribution in [3.63, 3.8) is 0 Å². The topological polar surface area (TPSA) is 50.7 Å². The number of hydrogen-bond donors (Lipinski definition) is 1. The molecule has 0 amide bonds. The van der Waals surface area contributed by atoms with Crippen LogP contribution < -0.4 is 5.32 Å². The molecule has 0 fully saturated rings. The zero-order chi connectivity index (χ0) is 16.2. The third kappa shape index (κ3) is 3.16. The zero-order valence-corrected chi connectivity index (χ0v) is 13.6. The lowest BCUT2D eigenvalue weighted by atomic mass is 10.2. The highest BCUT2D eigenvalue weighted by Crippen LogP contribution is 2.28. The van der Waals surface area contributed by atoms with Crippen LogP contribution in [0.3, 0.4) is 0 Å².